The van der Waals surface area contributed by atoms with Crippen molar-refractivity contribution in [3.05, 3.63) is 34.3 Å². The summed E-state index contributed by atoms with van der Waals surface area (Å²) in [7, 11) is 1.76. The van der Waals surface area contributed by atoms with Gasteiger partial charge < -0.3 is 10.5 Å². The van der Waals surface area contributed by atoms with Crippen molar-refractivity contribution in [3.8, 4) is 0 Å². The molecule has 0 spiro atoms. The molecule has 4 heteroatoms. The van der Waals surface area contributed by atoms with E-state index in [1.54, 1.807) is 7.11 Å². The SMILES string of the molecule is CCC(CC)N(CCOC)CCC(N)c1ccc(Br)cc1. The van der Waals surface area contributed by atoms with Gasteiger partial charge in [-0.3, -0.25) is 4.90 Å². The molecule has 1 aromatic carbocycles. The Morgan fingerprint density at radius 3 is 2.29 bits per heavy atom. The van der Waals surface area contributed by atoms with Crippen LogP contribution in [0.1, 0.15) is 44.7 Å². The van der Waals surface area contributed by atoms with Crippen molar-refractivity contribution in [1.29, 1.82) is 0 Å². The van der Waals surface area contributed by atoms with Gasteiger partial charge in [-0.05, 0) is 37.0 Å². The van der Waals surface area contributed by atoms with Crippen LogP contribution in [0, 0.1) is 0 Å². The Kier molecular flexibility index (Phi) is 9.16. The fourth-order valence-corrected chi connectivity index (χ4v) is 2.94. The minimum Gasteiger partial charge on any atom is -0.383 e. The van der Waals surface area contributed by atoms with Crippen LogP contribution in [0.5, 0.6) is 0 Å². The Morgan fingerprint density at radius 2 is 1.76 bits per heavy atom. The second kappa shape index (κ2) is 10.3. The number of hydrogen-bond donors (Lipinski definition) is 1. The maximum atomic E-state index is 6.33. The van der Waals surface area contributed by atoms with E-state index in [2.05, 4.69) is 58.9 Å². The lowest BCUT2D eigenvalue weighted by Gasteiger charge is -2.31. The van der Waals surface area contributed by atoms with E-state index >= 15 is 0 Å². The van der Waals surface area contributed by atoms with E-state index in [4.69, 9.17) is 10.5 Å². The van der Waals surface area contributed by atoms with E-state index in [9.17, 15) is 0 Å². The number of nitrogens with two attached hydrogens (primary N) is 1. The van der Waals surface area contributed by atoms with Crippen LogP contribution >= 0.6 is 15.9 Å². The summed E-state index contributed by atoms with van der Waals surface area (Å²) in [6, 6.07) is 9.03. The van der Waals surface area contributed by atoms with Gasteiger partial charge in [-0.15, -0.1) is 0 Å². The summed E-state index contributed by atoms with van der Waals surface area (Å²) in [5.74, 6) is 0. The molecule has 1 unspecified atom stereocenters. The fraction of sp³-hybridized carbons (Fsp3) is 0.647. The highest BCUT2D eigenvalue weighted by atomic mass is 79.9. The number of nitrogens with zero attached hydrogens (tertiary/aromatic N) is 1. The third-order valence-corrected chi connectivity index (χ3v) is 4.60. The summed E-state index contributed by atoms with van der Waals surface area (Å²) in [6.45, 7) is 7.29. The number of benzene rings is 1. The molecule has 1 atom stereocenters. The van der Waals surface area contributed by atoms with Crippen molar-refractivity contribution in [3.63, 3.8) is 0 Å². The number of hydrogen-bond acceptors (Lipinski definition) is 3. The highest BCUT2D eigenvalue weighted by Gasteiger charge is 2.16. The third-order valence-electron chi connectivity index (χ3n) is 4.07. The van der Waals surface area contributed by atoms with E-state index in [1.165, 1.54) is 18.4 Å². The maximum absolute atomic E-state index is 6.33. The molecule has 0 saturated heterocycles. The molecule has 0 amide bonds. The van der Waals surface area contributed by atoms with Gasteiger partial charge in [0.15, 0.2) is 0 Å². The first kappa shape index (κ1) is 18.6. The smallest absolute Gasteiger partial charge is 0.0589 e. The van der Waals surface area contributed by atoms with Crippen molar-refractivity contribution in [2.24, 2.45) is 5.73 Å². The number of rotatable bonds is 10. The van der Waals surface area contributed by atoms with Crippen LogP contribution < -0.4 is 5.73 Å². The van der Waals surface area contributed by atoms with Gasteiger partial charge in [0.2, 0.25) is 0 Å². The zero-order valence-corrected chi connectivity index (χ0v) is 15.1. The Hall–Kier alpha value is -0.420. The lowest BCUT2D eigenvalue weighted by Crippen LogP contribution is -2.38. The summed E-state index contributed by atoms with van der Waals surface area (Å²) in [5, 5.41) is 0. The molecule has 0 bridgehead atoms. The van der Waals surface area contributed by atoms with E-state index in [0.29, 0.717) is 6.04 Å². The van der Waals surface area contributed by atoms with Crippen LogP contribution in [0.2, 0.25) is 0 Å². The van der Waals surface area contributed by atoms with E-state index in [0.717, 1.165) is 30.6 Å². The van der Waals surface area contributed by atoms with Crippen LogP contribution in [0.3, 0.4) is 0 Å². The largest absolute Gasteiger partial charge is 0.383 e. The van der Waals surface area contributed by atoms with Gasteiger partial charge in [0, 0.05) is 36.8 Å². The molecule has 120 valence electrons. The van der Waals surface area contributed by atoms with Crippen LogP contribution in [-0.2, 0) is 4.74 Å². The fourth-order valence-electron chi connectivity index (χ4n) is 2.67. The van der Waals surface area contributed by atoms with Gasteiger partial charge in [-0.25, -0.2) is 0 Å². The maximum Gasteiger partial charge on any atom is 0.0589 e. The van der Waals surface area contributed by atoms with Crippen LogP contribution in [-0.4, -0.2) is 37.7 Å². The summed E-state index contributed by atoms with van der Waals surface area (Å²) < 4.78 is 6.33. The predicted octanol–water partition coefficient (Wildman–Crippen LogP) is 3.98. The van der Waals surface area contributed by atoms with Gasteiger partial charge in [0.25, 0.3) is 0 Å². The van der Waals surface area contributed by atoms with Gasteiger partial charge in [0.1, 0.15) is 0 Å². The van der Waals surface area contributed by atoms with Crippen molar-refractivity contribution in [2.75, 3.05) is 26.8 Å². The molecular weight excluding hydrogens is 328 g/mol. The molecule has 1 aromatic rings. The molecule has 1 rings (SSSR count). The highest BCUT2D eigenvalue weighted by Crippen LogP contribution is 2.19. The highest BCUT2D eigenvalue weighted by molar-refractivity contribution is 9.10. The zero-order valence-electron chi connectivity index (χ0n) is 13.5. The Labute approximate surface area is 138 Å². The molecule has 0 fully saturated rings. The first-order valence-corrected chi connectivity index (χ1v) is 8.65. The summed E-state index contributed by atoms with van der Waals surface area (Å²) in [6.07, 6.45) is 3.32. The molecule has 0 saturated carbocycles. The molecule has 21 heavy (non-hydrogen) atoms. The minimum absolute atomic E-state index is 0.0949. The third kappa shape index (κ3) is 6.47. The van der Waals surface area contributed by atoms with Gasteiger partial charge >= 0.3 is 0 Å². The summed E-state index contributed by atoms with van der Waals surface area (Å²) >= 11 is 3.46. The summed E-state index contributed by atoms with van der Waals surface area (Å²) in [5.41, 5.74) is 7.54. The average Bonchev–Trinajstić information content (AvgIpc) is 2.50. The number of methoxy groups -OCH3 is 1. The first-order chi connectivity index (χ1) is 10.1. The number of halogens is 1. The molecular formula is C17H29BrN2O. The molecule has 0 aromatic heterocycles. The van der Waals surface area contributed by atoms with E-state index in [-0.39, 0.29) is 6.04 Å². The van der Waals surface area contributed by atoms with E-state index in [1.807, 2.05) is 0 Å². The predicted molar refractivity (Wildman–Crippen MR) is 93.5 cm³/mol. The molecule has 0 heterocycles. The topological polar surface area (TPSA) is 38.5 Å². The Bertz CT molecular complexity index is 379. The van der Waals surface area contributed by atoms with Crippen molar-refractivity contribution >= 4 is 15.9 Å². The van der Waals surface area contributed by atoms with Crippen LogP contribution in [0.4, 0.5) is 0 Å². The lowest BCUT2D eigenvalue weighted by atomic mass is 10.0. The van der Waals surface area contributed by atoms with Gasteiger partial charge in [-0.1, -0.05) is 41.9 Å². The van der Waals surface area contributed by atoms with Crippen LogP contribution in [0.15, 0.2) is 28.7 Å². The summed E-state index contributed by atoms with van der Waals surface area (Å²) in [4.78, 5) is 2.52. The van der Waals surface area contributed by atoms with Crippen molar-refractivity contribution in [1.82, 2.24) is 4.90 Å². The molecule has 3 nitrogen and oxygen atoms in total. The Morgan fingerprint density at radius 1 is 1.14 bits per heavy atom. The molecule has 0 aliphatic carbocycles. The Balaban J connectivity index is 2.56. The van der Waals surface area contributed by atoms with Crippen LogP contribution in [0.25, 0.3) is 0 Å². The van der Waals surface area contributed by atoms with Gasteiger partial charge in [0.05, 0.1) is 6.61 Å². The minimum atomic E-state index is 0.0949. The normalized spacial score (nSPS) is 13.1. The van der Waals surface area contributed by atoms with E-state index < -0.39 is 0 Å². The molecule has 0 radical (unpaired) electrons. The number of ether oxygens (including phenoxy) is 1. The standard InChI is InChI=1S/C17H29BrN2O/c1-4-16(5-2)20(12-13-21-3)11-10-17(19)14-6-8-15(18)9-7-14/h6-9,16-17H,4-5,10-13,19H2,1-3H3. The average molecular weight is 357 g/mol. The lowest BCUT2D eigenvalue weighted by molar-refractivity contribution is 0.112. The monoisotopic (exact) mass is 356 g/mol. The molecule has 0 aliphatic heterocycles. The van der Waals surface area contributed by atoms with Crippen molar-refractivity contribution < 1.29 is 4.74 Å². The second-order valence-corrected chi connectivity index (χ2v) is 6.36. The molecule has 0 aliphatic rings. The van der Waals surface area contributed by atoms with Gasteiger partial charge in [-0.2, -0.15) is 0 Å². The molecule has 2 N–H and O–H groups in total. The first-order valence-electron chi connectivity index (χ1n) is 7.86. The quantitative estimate of drug-likeness (QED) is 0.689. The zero-order chi connectivity index (χ0) is 15.7. The second-order valence-electron chi connectivity index (χ2n) is 5.45. The van der Waals surface area contributed by atoms with Crippen molar-refractivity contribution in [2.45, 2.75) is 45.2 Å².